The molecular formula is C17H20BrCl. The number of benzene rings is 2. The molecule has 0 aliphatic carbocycles. The molecule has 2 heteroatoms. The lowest BCUT2D eigenvalue weighted by Crippen LogP contribution is -1.90. The molecule has 0 bridgehead atoms. The summed E-state index contributed by atoms with van der Waals surface area (Å²) in [4.78, 5) is 0. The van der Waals surface area contributed by atoms with Crippen LogP contribution >= 0.6 is 27.5 Å². The van der Waals surface area contributed by atoms with Crippen LogP contribution in [0.2, 0.25) is 0 Å². The Morgan fingerprint density at radius 3 is 2.47 bits per heavy atom. The SMILES string of the molecule is ClC(Br)CCCCCCc1cccc2ccccc12. The van der Waals surface area contributed by atoms with Crippen molar-refractivity contribution >= 4 is 38.3 Å². The first kappa shape index (κ1) is 14.9. The number of rotatable bonds is 7. The molecule has 0 spiro atoms. The van der Waals surface area contributed by atoms with E-state index < -0.39 is 0 Å². The predicted octanol–water partition coefficient (Wildman–Crippen LogP) is 6.29. The molecule has 0 N–H and O–H groups in total. The molecule has 1 atom stereocenters. The fourth-order valence-electron chi connectivity index (χ4n) is 2.48. The number of unbranched alkanes of at least 4 members (excludes halogenated alkanes) is 3. The van der Waals surface area contributed by atoms with Crippen LogP contribution in [-0.2, 0) is 6.42 Å². The van der Waals surface area contributed by atoms with Crippen molar-refractivity contribution in [1.29, 1.82) is 0 Å². The molecule has 0 heterocycles. The first-order chi connectivity index (χ1) is 9.27. The summed E-state index contributed by atoms with van der Waals surface area (Å²) >= 11 is 9.24. The Balaban J connectivity index is 1.82. The van der Waals surface area contributed by atoms with Crippen LogP contribution < -0.4 is 0 Å². The molecule has 1 unspecified atom stereocenters. The van der Waals surface area contributed by atoms with Crippen molar-refractivity contribution in [2.45, 2.75) is 42.8 Å². The van der Waals surface area contributed by atoms with Crippen LogP contribution in [0.4, 0.5) is 0 Å². The van der Waals surface area contributed by atoms with Crippen LogP contribution in [0, 0.1) is 0 Å². The summed E-state index contributed by atoms with van der Waals surface area (Å²) in [6, 6.07) is 15.3. The lowest BCUT2D eigenvalue weighted by atomic mass is 9.99. The highest BCUT2D eigenvalue weighted by Crippen LogP contribution is 2.21. The van der Waals surface area contributed by atoms with Crippen LogP contribution in [0.3, 0.4) is 0 Å². The number of alkyl halides is 2. The molecule has 0 aliphatic rings. The van der Waals surface area contributed by atoms with Gasteiger partial charge in [-0.05, 0) is 35.6 Å². The van der Waals surface area contributed by atoms with Gasteiger partial charge in [0.05, 0.1) is 4.29 Å². The van der Waals surface area contributed by atoms with Gasteiger partial charge in [-0.2, -0.15) is 0 Å². The molecule has 0 radical (unpaired) electrons. The van der Waals surface area contributed by atoms with Crippen LogP contribution in [0.5, 0.6) is 0 Å². The normalized spacial score (nSPS) is 12.7. The number of hydrogen-bond donors (Lipinski definition) is 0. The molecule has 0 saturated carbocycles. The smallest absolute Gasteiger partial charge is 0.0886 e. The lowest BCUT2D eigenvalue weighted by molar-refractivity contribution is 0.630. The zero-order valence-corrected chi connectivity index (χ0v) is 13.5. The molecule has 102 valence electrons. The van der Waals surface area contributed by atoms with Gasteiger partial charge in [-0.15, -0.1) is 11.6 Å². The van der Waals surface area contributed by atoms with E-state index in [0.29, 0.717) is 0 Å². The Labute approximate surface area is 129 Å². The highest BCUT2D eigenvalue weighted by molar-refractivity contribution is 9.10. The summed E-state index contributed by atoms with van der Waals surface area (Å²) in [7, 11) is 0. The van der Waals surface area contributed by atoms with Gasteiger partial charge in [-0.3, -0.25) is 0 Å². The second-order valence-electron chi connectivity index (χ2n) is 4.98. The van der Waals surface area contributed by atoms with E-state index in [9.17, 15) is 0 Å². The highest BCUT2D eigenvalue weighted by atomic mass is 79.9. The van der Waals surface area contributed by atoms with Crippen molar-refractivity contribution in [2.75, 3.05) is 0 Å². The maximum absolute atomic E-state index is 5.87. The van der Waals surface area contributed by atoms with Gasteiger partial charge < -0.3 is 0 Å². The third kappa shape index (κ3) is 4.81. The van der Waals surface area contributed by atoms with Gasteiger partial charge >= 0.3 is 0 Å². The number of aryl methyl sites for hydroxylation is 1. The van der Waals surface area contributed by atoms with Crippen LogP contribution in [0.25, 0.3) is 10.8 Å². The van der Waals surface area contributed by atoms with Gasteiger partial charge in [0.25, 0.3) is 0 Å². The topological polar surface area (TPSA) is 0 Å². The van der Waals surface area contributed by atoms with E-state index >= 15 is 0 Å². The fourth-order valence-corrected chi connectivity index (χ4v) is 2.96. The van der Waals surface area contributed by atoms with Gasteiger partial charge in [0, 0.05) is 0 Å². The molecular weight excluding hydrogens is 320 g/mol. The van der Waals surface area contributed by atoms with Crippen molar-refractivity contribution in [3.05, 3.63) is 48.0 Å². The van der Waals surface area contributed by atoms with Crippen molar-refractivity contribution in [2.24, 2.45) is 0 Å². The third-order valence-corrected chi connectivity index (χ3v) is 4.17. The molecule has 0 fully saturated rings. The van der Waals surface area contributed by atoms with Crippen molar-refractivity contribution in [3.63, 3.8) is 0 Å². The van der Waals surface area contributed by atoms with Gasteiger partial charge in [-0.1, -0.05) is 77.7 Å². The van der Waals surface area contributed by atoms with Gasteiger partial charge in [0.2, 0.25) is 0 Å². The van der Waals surface area contributed by atoms with E-state index in [4.69, 9.17) is 11.6 Å². The highest BCUT2D eigenvalue weighted by Gasteiger charge is 2.01. The molecule has 19 heavy (non-hydrogen) atoms. The zero-order chi connectivity index (χ0) is 13.5. The molecule has 2 rings (SSSR count). The average Bonchev–Trinajstić information content (AvgIpc) is 2.42. The Kier molecular flexibility index (Phi) is 6.19. The Hall–Kier alpha value is -0.530. The second-order valence-corrected chi connectivity index (χ2v) is 7.14. The first-order valence-electron chi connectivity index (χ1n) is 7.02. The third-order valence-electron chi connectivity index (χ3n) is 3.50. The molecule has 0 saturated heterocycles. The van der Waals surface area contributed by atoms with Crippen molar-refractivity contribution in [1.82, 2.24) is 0 Å². The minimum atomic E-state index is 0.144. The summed E-state index contributed by atoms with van der Waals surface area (Å²) < 4.78 is 0.144. The van der Waals surface area contributed by atoms with Crippen LogP contribution in [-0.4, -0.2) is 4.29 Å². The fraction of sp³-hybridized carbons (Fsp3) is 0.412. The summed E-state index contributed by atoms with van der Waals surface area (Å²) in [5.74, 6) is 0. The maximum atomic E-state index is 5.87. The number of hydrogen-bond acceptors (Lipinski definition) is 0. The first-order valence-corrected chi connectivity index (χ1v) is 8.37. The predicted molar refractivity (Wildman–Crippen MR) is 89.3 cm³/mol. The van der Waals surface area contributed by atoms with E-state index in [2.05, 4.69) is 58.4 Å². The van der Waals surface area contributed by atoms with Crippen molar-refractivity contribution in [3.8, 4) is 0 Å². The van der Waals surface area contributed by atoms with Crippen LogP contribution in [0.1, 0.15) is 37.7 Å². The molecule has 2 aromatic carbocycles. The Morgan fingerprint density at radius 1 is 0.895 bits per heavy atom. The molecule has 0 aliphatic heterocycles. The second kappa shape index (κ2) is 7.91. The standard InChI is InChI=1S/C17H20BrCl/c18-17(19)13-4-2-1-3-8-14-10-7-11-15-9-5-6-12-16(14)15/h5-7,9-12,17H,1-4,8,13H2. The van der Waals surface area contributed by atoms with E-state index in [0.717, 1.165) is 6.42 Å². The van der Waals surface area contributed by atoms with Gasteiger partial charge in [-0.25, -0.2) is 0 Å². The molecule has 0 amide bonds. The van der Waals surface area contributed by atoms with E-state index in [1.54, 1.807) is 0 Å². The van der Waals surface area contributed by atoms with Crippen molar-refractivity contribution < 1.29 is 0 Å². The number of halogens is 2. The monoisotopic (exact) mass is 338 g/mol. The maximum Gasteiger partial charge on any atom is 0.0886 e. The van der Waals surface area contributed by atoms with E-state index in [1.165, 1.54) is 48.4 Å². The molecule has 2 aromatic rings. The quantitative estimate of drug-likeness (QED) is 0.410. The van der Waals surface area contributed by atoms with E-state index in [-0.39, 0.29) is 4.29 Å². The minimum absolute atomic E-state index is 0.144. The summed E-state index contributed by atoms with van der Waals surface area (Å²) in [6.45, 7) is 0. The van der Waals surface area contributed by atoms with E-state index in [1.807, 2.05) is 0 Å². The molecule has 0 nitrogen and oxygen atoms in total. The largest absolute Gasteiger partial charge is 0.110 e. The Morgan fingerprint density at radius 2 is 1.63 bits per heavy atom. The minimum Gasteiger partial charge on any atom is -0.110 e. The average molecular weight is 340 g/mol. The molecule has 0 aromatic heterocycles. The lowest BCUT2D eigenvalue weighted by Gasteiger charge is -2.06. The summed E-state index contributed by atoms with van der Waals surface area (Å²) in [5, 5.41) is 2.76. The summed E-state index contributed by atoms with van der Waals surface area (Å²) in [6.07, 6.45) is 7.30. The summed E-state index contributed by atoms with van der Waals surface area (Å²) in [5.41, 5.74) is 1.48. The van der Waals surface area contributed by atoms with Crippen LogP contribution in [0.15, 0.2) is 42.5 Å². The zero-order valence-electron chi connectivity index (χ0n) is 11.1. The van der Waals surface area contributed by atoms with Gasteiger partial charge in [0.1, 0.15) is 0 Å². The van der Waals surface area contributed by atoms with Gasteiger partial charge in [0.15, 0.2) is 0 Å². The number of fused-ring (bicyclic) bond motifs is 1. The Bertz CT molecular complexity index is 502.